The van der Waals surface area contributed by atoms with Crippen molar-refractivity contribution in [2.45, 2.75) is 13.8 Å². The van der Waals surface area contributed by atoms with E-state index >= 15 is 0 Å². The minimum atomic E-state index is -0.416. The largest absolute Gasteiger partial charge is 0.497 e. The normalized spacial score (nSPS) is 13.6. The summed E-state index contributed by atoms with van der Waals surface area (Å²) in [6.07, 6.45) is 0. The minimum absolute atomic E-state index is 0.200. The number of methoxy groups -OCH3 is 2. The van der Waals surface area contributed by atoms with Gasteiger partial charge in [-0.3, -0.25) is 9.59 Å². The molecule has 32 heavy (non-hydrogen) atoms. The van der Waals surface area contributed by atoms with E-state index in [0.29, 0.717) is 34.0 Å². The highest BCUT2D eigenvalue weighted by atomic mass is 16.5. The van der Waals surface area contributed by atoms with Gasteiger partial charge in [0.05, 0.1) is 31.2 Å². The molecule has 1 heterocycles. The molecule has 6 heteroatoms. The number of anilines is 2. The van der Waals surface area contributed by atoms with Gasteiger partial charge in [-0.05, 0) is 60.9 Å². The number of carbonyl (C=O) groups excluding carboxylic acids is 2. The summed E-state index contributed by atoms with van der Waals surface area (Å²) < 4.78 is 10.7. The first-order valence-electron chi connectivity index (χ1n) is 10.2. The molecule has 6 nitrogen and oxygen atoms in total. The van der Waals surface area contributed by atoms with Crippen LogP contribution < -0.4 is 19.7 Å². The summed E-state index contributed by atoms with van der Waals surface area (Å²) in [6.45, 7) is 3.86. The van der Waals surface area contributed by atoms with E-state index in [1.54, 1.807) is 56.7 Å². The number of rotatable bonds is 6. The summed E-state index contributed by atoms with van der Waals surface area (Å²) in [7, 11) is 3.14. The third-order valence-electron chi connectivity index (χ3n) is 5.65. The zero-order chi connectivity index (χ0) is 22.8. The zero-order valence-corrected chi connectivity index (χ0v) is 18.4. The molecular weight excluding hydrogens is 404 g/mol. The molecule has 0 spiro atoms. The molecule has 1 aliphatic rings. The second-order valence-electron chi connectivity index (χ2n) is 7.47. The monoisotopic (exact) mass is 428 g/mol. The van der Waals surface area contributed by atoms with Crippen LogP contribution in [0.2, 0.25) is 0 Å². The maximum atomic E-state index is 13.6. The van der Waals surface area contributed by atoms with E-state index in [0.717, 1.165) is 11.1 Å². The van der Waals surface area contributed by atoms with Crippen molar-refractivity contribution < 1.29 is 19.1 Å². The molecule has 3 aromatic carbocycles. The average molecular weight is 428 g/mol. The summed E-state index contributed by atoms with van der Waals surface area (Å²) in [5.74, 6) is 0.433. The SMILES string of the molecule is COc1ccc(C2=C(Nc3ccccc3OC)C(=O)N(c3cccc(C)c3C)C2=O)cc1. The number of nitrogens with zero attached hydrogens (tertiary/aromatic N) is 1. The molecule has 0 bridgehead atoms. The van der Waals surface area contributed by atoms with Gasteiger partial charge in [-0.15, -0.1) is 0 Å². The van der Waals surface area contributed by atoms with Crippen LogP contribution in [0.15, 0.2) is 72.4 Å². The fraction of sp³-hybridized carbons (Fsp3) is 0.154. The molecule has 0 saturated carbocycles. The molecule has 4 rings (SSSR count). The topological polar surface area (TPSA) is 67.9 Å². The van der Waals surface area contributed by atoms with Crippen molar-refractivity contribution in [3.63, 3.8) is 0 Å². The number of benzene rings is 3. The molecule has 1 N–H and O–H groups in total. The van der Waals surface area contributed by atoms with Crippen LogP contribution in [-0.4, -0.2) is 26.0 Å². The van der Waals surface area contributed by atoms with Gasteiger partial charge < -0.3 is 14.8 Å². The molecule has 1 aliphatic heterocycles. The third-order valence-corrected chi connectivity index (χ3v) is 5.65. The number of aryl methyl sites for hydroxylation is 1. The average Bonchev–Trinajstić information content (AvgIpc) is 3.05. The highest BCUT2D eigenvalue weighted by Crippen LogP contribution is 2.37. The molecule has 162 valence electrons. The van der Waals surface area contributed by atoms with Gasteiger partial charge in [0.25, 0.3) is 11.8 Å². The Morgan fingerprint density at radius 3 is 2.19 bits per heavy atom. The molecule has 0 saturated heterocycles. The van der Waals surface area contributed by atoms with E-state index in [4.69, 9.17) is 9.47 Å². The standard InChI is InChI=1S/C26H24N2O4/c1-16-8-7-10-21(17(16)2)28-25(29)23(18-12-14-19(31-3)15-13-18)24(26(28)30)27-20-9-5-6-11-22(20)32-4/h5-15,27H,1-4H3. The molecule has 0 radical (unpaired) electrons. The van der Waals surface area contributed by atoms with Crippen molar-refractivity contribution in [1.29, 1.82) is 0 Å². The Balaban J connectivity index is 1.86. The number of carbonyl (C=O) groups is 2. The lowest BCUT2D eigenvalue weighted by Crippen LogP contribution is -2.33. The molecule has 0 aromatic heterocycles. The Morgan fingerprint density at radius 1 is 0.781 bits per heavy atom. The van der Waals surface area contributed by atoms with Crippen molar-refractivity contribution in [2.24, 2.45) is 0 Å². The van der Waals surface area contributed by atoms with Crippen molar-refractivity contribution >= 4 is 28.8 Å². The van der Waals surface area contributed by atoms with Gasteiger partial charge in [0.2, 0.25) is 0 Å². The van der Waals surface area contributed by atoms with Gasteiger partial charge in [-0.1, -0.05) is 36.4 Å². The van der Waals surface area contributed by atoms with Crippen molar-refractivity contribution in [1.82, 2.24) is 0 Å². The Kier molecular flexibility index (Phi) is 5.69. The van der Waals surface area contributed by atoms with E-state index < -0.39 is 5.91 Å². The van der Waals surface area contributed by atoms with Crippen molar-refractivity contribution in [3.05, 3.63) is 89.1 Å². The molecule has 0 atom stereocenters. The van der Waals surface area contributed by atoms with Crippen LogP contribution in [0.1, 0.15) is 16.7 Å². The van der Waals surface area contributed by atoms with Crippen LogP contribution in [0.25, 0.3) is 5.57 Å². The Labute approximate surface area is 187 Å². The first-order valence-corrected chi connectivity index (χ1v) is 10.2. The molecule has 2 amide bonds. The Morgan fingerprint density at radius 2 is 1.50 bits per heavy atom. The van der Waals surface area contributed by atoms with E-state index in [9.17, 15) is 9.59 Å². The fourth-order valence-corrected chi connectivity index (χ4v) is 3.75. The van der Waals surface area contributed by atoms with Gasteiger partial charge in [0, 0.05) is 0 Å². The number of para-hydroxylation sites is 2. The first kappa shape index (κ1) is 21.2. The predicted octanol–water partition coefficient (Wildman–Crippen LogP) is 4.72. The number of hydrogen-bond acceptors (Lipinski definition) is 5. The lowest BCUT2D eigenvalue weighted by molar-refractivity contribution is -0.120. The van der Waals surface area contributed by atoms with E-state index in [-0.39, 0.29) is 11.6 Å². The lowest BCUT2D eigenvalue weighted by Gasteiger charge is -2.19. The highest BCUT2D eigenvalue weighted by Gasteiger charge is 2.41. The smallest absolute Gasteiger partial charge is 0.282 e. The van der Waals surface area contributed by atoms with Crippen LogP contribution in [0.5, 0.6) is 11.5 Å². The summed E-state index contributed by atoms with van der Waals surface area (Å²) in [5, 5.41) is 3.16. The maximum Gasteiger partial charge on any atom is 0.282 e. The quantitative estimate of drug-likeness (QED) is 0.576. The summed E-state index contributed by atoms with van der Waals surface area (Å²) >= 11 is 0. The zero-order valence-electron chi connectivity index (χ0n) is 18.4. The van der Waals surface area contributed by atoms with Crippen molar-refractivity contribution in [3.8, 4) is 11.5 Å². The summed E-state index contributed by atoms with van der Waals surface area (Å²) in [4.78, 5) is 28.5. The van der Waals surface area contributed by atoms with Gasteiger partial charge in [0.15, 0.2) is 0 Å². The number of amides is 2. The number of imide groups is 1. The summed E-state index contributed by atoms with van der Waals surface area (Å²) in [6, 6.07) is 19.9. The van der Waals surface area contributed by atoms with Crippen LogP contribution in [0.3, 0.4) is 0 Å². The minimum Gasteiger partial charge on any atom is -0.497 e. The van der Waals surface area contributed by atoms with Gasteiger partial charge in [-0.25, -0.2) is 4.90 Å². The number of nitrogens with one attached hydrogen (secondary N) is 1. The van der Waals surface area contributed by atoms with Gasteiger partial charge in [-0.2, -0.15) is 0 Å². The lowest BCUT2D eigenvalue weighted by atomic mass is 10.0. The van der Waals surface area contributed by atoms with E-state index in [1.807, 2.05) is 38.1 Å². The third kappa shape index (κ3) is 3.60. The van der Waals surface area contributed by atoms with Gasteiger partial charge >= 0.3 is 0 Å². The molecule has 0 aliphatic carbocycles. The second kappa shape index (κ2) is 8.59. The molecular formula is C26H24N2O4. The van der Waals surface area contributed by atoms with E-state index in [1.165, 1.54) is 4.90 Å². The Bertz CT molecular complexity index is 1230. The maximum absolute atomic E-state index is 13.6. The number of ether oxygens (including phenoxy) is 2. The highest BCUT2D eigenvalue weighted by molar-refractivity contribution is 6.46. The summed E-state index contributed by atoms with van der Waals surface area (Å²) in [5.41, 5.74) is 4.16. The molecule has 0 unspecified atom stereocenters. The van der Waals surface area contributed by atoms with Gasteiger partial charge in [0.1, 0.15) is 17.2 Å². The predicted molar refractivity (Wildman–Crippen MR) is 125 cm³/mol. The van der Waals surface area contributed by atoms with Crippen LogP contribution >= 0.6 is 0 Å². The molecule has 0 fully saturated rings. The van der Waals surface area contributed by atoms with Crippen LogP contribution in [0, 0.1) is 13.8 Å². The first-order chi connectivity index (χ1) is 15.5. The van der Waals surface area contributed by atoms with Crippen LogP contribution in [-0.2, 0) is 9.59 Å². The Hall–Kier alpha value is -4.06. The second-order valence-corrected chi connectivity index (χ2v) is 7.47. The van der Waals surface area contributed by atoms with Crippen LogP contribution in [0.4, 0.5) is 11.4 Å². The van der Waals surface area contributed by atoms with Crippen molar-refractivity contribution in [2.75, 3.05) is 24.4 Å². The number of hydrogen-bond donors (Lipinski definition) is 1. The molecule has 3 aromatic rings. The fourth-order valence-electron chi connectivity index (χ4n) is 3.75. The van der Waals surface area contributed by atoms with E-state index in [2.05, 4.69) is 5.32 Å².